The minimum Gasteiger partial charge on any atom is -0.335 e. The number of nitrogens with one attached hydrogen (secondary N) is 2. The number of hydrogen-bond donors (Lipinski definition) is 2. The van der Waals surface area contributed by atoms with Gasteiger partial charge in [-0.05, 0) is 18.3 Å². The normalized spacial score (nSPS) is 15.0. The maximum atomic E-state index is 12.1. The molecule has 0 amide bonds. The van der Waals surface area contributed by atoms with Crippen LogP contribution in [0.3, 0.4) is 0 Å². The first kappa shape index (κ1) is 14.3. The number of H-pyrrole nitrogens is 2. The van der Waals surface area contributed by atoms with E-state index in [1.165, 1.54) is 5.39 Å². The Balaban J connectivity index is 1.65. The Bertz CT molecular complexity index is 1000. The molecule has 3 aromatic rings. The van der Waals surface area contributed by atoms with Crippen molar-refractivity contribution in [2.45, 2.75) is 19.5 Å². The van der Waals surface area contributed by atoms with E-state index in [2.05, 4.69) is 32.1 Å². The standard InChI is InChI=1S/C16H17N5OS/c1-20-14-5-3-2-4-10(14)13(19-20)9-21-7-6-12-11(8-21)15(22)18-16(23)17-12/h2-5H,6-9H2,1H3,(H2,17,18,22,23). The summed E-state index contributed by atoms with van der Waals surface area (Å²) >= 11 is 5.04. The van der Waals surface area contributed by atoms with Gasteiger partial charge in [0, 0.05) is 44.2 Å². The van der Waals surface area contributed by atoms with Crippen molar-refractivity contribution in [3.63, 3.8) is 0 Å². The van der Waals surface area contributed by atoms with Crippen molar-refractivity contribution in [1.82, 2.24) is 24.6 Å². The fourth-order valence-corrected chi connectivity index (χ4v) is 3.48. The molecular weight excluding hydrogens is 310 g/mol. The fourth-order valence-electron chi connectivity index (χ4n) is 3.26. The second-order valence-electron chi connectivity index (χ2n) is 5.91. The molecule has 3 heterocycles. The first-order chi connectivity index (χ1) is 11.1. The molecular formula is C16H17N5OS. The zero-order valence-corrected chi connectivity index (χ0v) is 13.6. The van der Waals surface area contributed by atoms with E-state index in [0.717, 1.165) is 42.0 Å². The fraction of sp³-hybridized carbons (Fsp3) is 0.312. The molecule has 0 saturated carbocycles. The summed E-state index contributed by atoms with van der Waals surface area (Å²) in [7, 11) is 1.96. The van der Waals surface area contributed by atoms with Crippen LogP contribution in [-0.2, 0) is 26.6 Å². The zero-order chi connectivity index (χ0) is 16.0. The number of benzene rings is 1. The van der Waals surface area contributed by atoms with Crippen molar-refractivity contribution in [2.75, 3.05) is 6.54 Å². The second kappa shape index (κ2) is 5.43. The minimum atomic E-state index is -0.0840. The smallest absolute Gasteiger partial charge is 0.256 e. The Morgan fingerprint density at radius 3 is 3.00 bits per heavy atom. The van der Waals surface area contributed by atoms with Crippen LogP contribution in [0.2, 0.25) is 0 Å². The molecule has 0 fully saturated rings. The molecule has 0 saturated heterocycles. The van der Waals surface area contributed by atoms with Crippen molar-refractivity contribution in [2.24, 2.45) is 7.05 Å². The lowest BCUT2D eigenvalue weighted by Crippen LogP contribution is -2.35. The van der Waals surface area contributed by atoms with Crippen molar-refractivity contribution in [1.29, 1.82) is 0 Å². The predicted octanol–water partition coefficient (Wildman–Crippen LogP) is 1.88. The van der Waals surface area contributed by atoms with Gasteiger partial charge >= 0.3 is 0 Å². The van der Waals surface area contributed by atoms with Gasteiger partial charge in [-0.25, -0.2) is 0 Å². The van der Waals surface area contributed by atoms with Crippen molar-refractivity contribution >= 4 is 23.1 Å². The third-order valence-electron chi connectivity index (χ3n) is 4.40. The highest BCUT2D eigenvalue weighted by molar-refractivity contribution is 7.71. The van der Waals surface area contributed by atoms with E-state index >= 15 is 0 Å². The predicted molar refractivity (Wildman–Crippen MR) is 90.8 cm³/mol. The molecule has 2 N–H and O–H groups in total. The lowest BCUT2D eigenvalue weighted by Gasteiger charge is -2.27. The Morgan fingerprint density at radius 1 is 1.30 bits per heavy atom. The lowest BCUT2D eigenvalue weighted by atomic mass is 10.1. The number of nitrogens with zero attached hydrogens (tertiary/aromatic N) is 3. The van der Waals surface area contributed by atoms with Crippen molar-refractivity contribution in [3.05, 3.63) is 56.3 Å². The molecule has 0 atom stereocenters. The Hall–Kier alpha value is -2.25. The van der Waals surface area contributed by atoms with Gasteiger partial charge in [0.25, 0.3) is 5.56 Å². The molecule has 0 aliphatic carbocycles. The number of fused-ring (bicyclic) bond motifs is 2. The third-order valence-corrected chi connectivity index (χ3v) is 4.60. The van der Waals surface area contributed by atoms with Crippen molar-refractivity contribution in [3.8, 4) is 0 Å². The van der Waals surface area contributed by atoms with Gasteiger partial charge in [-0.15, -0.1) is 0 Å². The van der Waals surface area contributed by atoms with E-state index < -0.39 is 0 Å². The summed E-state index contributed by atoms with van der Waals surface area (Å²) in [5.41, 5.74) is 3.83. The number of rotatable bonds is 2. The molecule has 0 radical (unpaired) electrons. The van der Waals surface area contributed by atoms with Crippen LogP contribution >= 0.6 is 12.2 Å². The van der Waals surface area contributed by atoms with Crippen LogP contribution in [0.4, 0.5) is 0 Å². The number of aromatic amines is 2. The molecule has 0 unspecified atom stereocenters. The van der Waals surface area contributed by atoms with Gasteiger partial charge in [-0.1, -0.05) is 18.2 Å². The van der Waals surface area contributed by atoms with Gasteiger partial charge in [0.15, 0.2) is 4.77 Å². The highest BCUT2D eigenvalue weighted by Gasteiger charge is 2.21. The van der Waals surface area contributed by atoms with Crippen LogP contribution < -0.4 is 5.56 Å². The summed E-state index contributed by atoms with van der Waals surface area (Å²) in [5.74, 6) is 0. The molecule has 23 heavy (non-hydrogen) atoms. The number of aromatic nitrogens is 4. The summed E-state index contributed by atoms with van der Waals surface area (Å²) in [4.78, 5) is 20.1. The third kappa shape index (κ3) is 2.51. The van der Waals surface area contributed by atoms with Crippen LogP contribution in [0.15, 0.2) is 29.1 Å². The largest absolute Gasteiger partial charge is 0.335 e. The monoisotopic (exact) mass is 327 g/mol. The van der Waals surface area contributed by atoms with Gasteiger partial charge < -0.3 is 4.98 Å². The Labute approximate surface area is 137 Å². The molecule has 0 bridgehead atoms. The molecule has 7 heteroatoms. The molecule has 6 nitrogen and oxygen atoms in total. The van der Waals surface area contributed by atoms with Crippen LogP contribution in [0.1, 0.15) is 17.0 Å². The summed E-state index contributed by atoms with van der Waals surface area (Å²) < 4.78 is 2.31. The van der Waals surface area contributed by atoms with Crippen LogP contribution in [0, 0.1) is 4.77 Å². The second-order valence-corrected chi connectivity index (χ2v) is 6.32. The number of para-hydroxylation sites is 1. The highest BCUT2D eigenvalue weighted by atomic mass is 32.1. The van der Waals surface area contributed by atoms with E-state index in [1.54, 1.807) is 0 Å². The quantitative estimate of drug-likeness (QED) is 0.705. The van der Waals surface area contributed by atoms with Gasteiger partial charge in [-0.2, -0.15) is 5.10 Å². The average molecular weight is 327 g/mol. The van der Waals surface area contributed by atoms with Crippen LogP contribution in [-0.4, -0.2) is 31.2 Å². The Morgan fingerprint density at radius 2 is 2.13 bits per heavy atom. The van der Waals surface area contributed by atoms with E-state index in [-0.39, 0.29) is 5.56 Å². The molecule has 2 aromatic heterocycles. The maximum Gasteiger partial charge on any atom is 0.256 e. The molecule has 0 spiro atoms. The average Bonchev–Trinajstić information content (AvgIpc) is 2.85. The first-order valence-electron chi connectivity index (χ1n) is 7.59. The number of aryl methyl sites for hydroxylation is 1. The highest BCUT2D eigenvalue weighted by Crippen LogP contribution is 2.21. The van der Waals surface area contributed by atoms with Gasteiger partial charge in [0.1, 0.15) is 0 Å². The summed E-state index contributed by atoms with van der Waals surface area (Å²) in [6.07, 6.45) is 0.799. The lowest BCUT2D eigenvalue weighted by molar-refractivity contribution is 0.239. The van der Waals surface area contributed by atoms with Gasteiger partial charge in [-0.3, -0.25) is 19.4 Å². The molecule has 1 aliphatic rings. The molecule has 4 rings (SSSR count). The Kier molecular flexibility index (Phi) is 3.39. The van der Waals surface area contributed by atoms with E-state index in [0.29, 0.717) is 11.3 Å². The summed E-state index contributed by atoms with van der Waals surface area (Å²) in [5, 5.41) is 5.81. The van der Waals surface area contributed by atoms with Crippen molar-refractivity contribution < 1.29 is 0 Å². The molecule has 118 valence electrons. The summed E-state index contributed by atoms with van der Waals surface area (Å²) in [6.45, 7) is 2.23. The van der Waals surface area contributed by atoms with E-state index in [9.17, 15) is 4.79 Å². The first-order valence-corrected chi connectivity index (χ1v) is 8.00. The molecule has 1 aliphatic heterocycles. The molecule has 1 aromatic carbocycles. The zero-order valence-electron chi connectivity index (χ0n) is 12.8. The topological polar surface area (TPSA) is 69.7 Å². The number of hydrogen-bond acceptors (Lipinski definition) is 4. The van der Waals surface area contributed by atoms with Gasteiger partial charge in [0.2, 0.25) is 0 Å². The SMILES string of the molecule is Cn1nc(CN2CCc3[nH]c(=S)[nH]c(=O)c3C2)c2ccccc21. The van der Waals surface area contributed by atoms with E-state index in [1.807, 2.05) is 23.9 Å². The van der Waals surface area contributed by atoms with Crippen LogP contribution in [0.5, 0.6) is 0 Å². The van der Waals surface area contributed by atoms with Crippen LogP contribution in [0.25, 0.3) is 10.9 Å². The minimum absolute atomic E-state index is 0.0840. The maximum absolute atomic E-state index is 12.1. The summed E-state index contributed by atoms with van der Waals surface area (Å²) in [6, 6.07) is 8.22. The van der Waals surface area contributed by atoms with E-state index in [4.69, 9.17) is 12.2 Å². The van der Waals surface area contributed by atoms with Gasteiger partial charge in [0.05, 0.1) is 16.8 Å².